The minimum absolute atomic E-state index is 0.250. The first-order valence-electron chi connectivity index (χ1n) is 5.29. The molecule has 0 bridgehead atoms. The molecule has 2 aliphatic rings. The van der Waals surface area contributed by atoms with E-state index in [4.69, 9.17) is 14.6 Å². The summed E-state index contributed by atoms with van der Waals surface area (Å²) in [5.41, 5.74) is 1.75. The summed E-state index contributed by atoms with van der Waals surface area (Å²) in [5, 5.41) is 9.11. The summed E-state index contributed by atoms with van der Waals surface area (Å²) >= 11 is 0. The fourth-order valence-electron chi connectivity index (χ4n) is 1.99. The number of carboxylic acids is 1. The molecule has 0 saturated heterocycles. The zero-order valence-electron chi connectivity index (χ0n) is 8.97. The lowest BCUT2D eigenvalue weighted by Crippen LogP contribution is -2.16. The molecule has 2 heterocycles. The van der Waals surface area contributed by atoms with Crippen LogP contribution in [0.2, 0.25) is 0 Å². The number of fused-ring (bicyclic) bond motifs is 2. The average Bonchev–Trinajstić information content (AvgIpc) is 2.35. The molecule has 0 spiro atoms. The number of carboxylic acid groups (broad SMARTS) is 1. The highest BCUT2D eigenvalue weighted by molar-refractivity contribution is 5.94. The van der Waals surface area contributed by atoms with E-state index in [0.717, 1.165) is 11.3 Å². The van der Waals surface area contributed by atoms with Crippen LogP contribution in [0, 0.1) is 0 Å². The molecule has 0 fully saturated rings. The summed E-state index contributed by atoms with van der Waals surface area (Å²) in [4.78, 5) is 11.1. The predicted octanol–water partition coefficient (Wildman–Crippen LogP) is 2.07. The van der Waals surface area contributed by atoms with Crippen molar-refractivity contribution in [2.75, 3.05) is 13.2 Å². The Morgan fingerprint density at radius 3 is 3.06 bits per heavy atom. The normalized spacial score (nSPS) is 17.2. The van der Waals surface area contributed by atoms with Gasteiger partial charge < -0.3 is 14.6 Å². The van der Waals surface area contributed by atoms with E-state index in [-0.39, 0.29) is 5.56 Å². The summed E-state index contributed by atoms with van der Waals surface area (Å²) in [7, 11) is 0. The van der Waals surface area contributed by atoms with Crippen molar-refractivity contribution in [3.63, 3.8) is 0 Å². The second-order valence-electron chi connectivity index (χ2n) is 3.88. The van der Waals surface area contributed by atoms with Crippen LogP contribution in [0.15, 0.2) is 35.6 Å². The van der Waals surface area contributed by atoms with Crippen LogP contribution in [0.4, 0.5) is 0 Å². The van der Waals surface area contributed by atoms with Crippen molar-refractivity contribution in [1.29, 1.82) is 0 Å². The standard InChI is InChI=1S/C13H10O4/c14-13(15)9-2-1-3-12-10(9)6-8-7-16-5-4-11(8)17-12/h1-4,6H,5,7H2,(H,14,15). The van der Waals surface area contributed by atoms with E-state index in [1.165, 1.54) is 0 Å². The quantitative estimate of drug-likeness (QED) is 0.802. The van der Waals surface area contributed by atoms with Crippen LogP contribution in [0.25, 0.3) is 6.08 Å². The van der Waals surface area contributed by atoms with Gasteiger partial charge in [-0.25, -0.2) is 4.79 Å². The summed E-state index contributed by atoms with van der Waals surface area (Å²) in [6.07, 6.45) is 3.68. The first kappa shape index (κ1) is 10.1. The molecule has 0 aromatic heterocycles. The molecule has 4 nitrogen and oxygen atoms in total. The Bertz CT molecular complexity index is 555. The molecule has 86 valence electrons. The first-order valence-corrected chi connectivity index (χ1v) is 5.29. The lowest BCUT2D eigenvalue weighted by molar-refractivity contribution is 0.0696. The zero-order valence-corrected chi connectivity index (χ0v) is 8.97. The molecule has 0 unspecified atom stereocenters. The molecule has 17 heavy (non-hydrogen) atoms. The first-order chi connectivity index (χ1) is 8.25. The van der Waals surface area contributed by atoms with E-state index < -0.39 is 5.97 Å². The van der Waals surface area contributed by atoms with Crippen LogP contribution in [0.3, 0.4) is 0 Å². The van der Waals surface area contributed by atoms with Gasteiger partial charge in [0.05, 0.1) is 18.8 Å². The van der Waals surface area contributed by atoms with Crippen molar-refractivity contribution in [2.24, 2.45) is 0 Å². The molecule has 0 atom stereocenters. The van der Waals surface area contributed by atoms with Gasteiger partial charge >= 0.3 is 5.97 Å². The average molecular weight is 230 g/mol. The van der Waals surface area contributed by atoms with Gasteiger partial charge in [0.2, 0.25) is 0 Å². The Labute approximate surface area is 97.8 Å². The smallest absolute Gasteiger partial charge is 0.336 e. The van der Waals surface area contributed by atoms with E-state index in [9.17, 15) is 4.79 Å². The molecule has 1 aromatic rings. The second-order valence-corrected chi connectivity index (χ2v) is 3.88. The number of hydrogen-bond acceptors (Lipinski definition) is 3. The molecular formula is C13H10O4. The molecule has 0 radical (unpaired) electrons. The third kappa shape index (κ3) is 1.62. The van der Waals surface area contributed by atoms with Gasteiger partial charge in [-0.2, -0.15) is 0 Å². The Morgan fingerprint density at radius 2 is 2.24 bits per heavy atom. The minimum Gasteiger partial charge on any atom is -0.478 e. The fraction of sp³-hybridized carbons (Fsp3) is 0.154. The van der Waals surface area contributed by atoms with E-state index >= 15 is 0 Å². The lowest BCUT2D eigenvalue weighted by atomic mass is 9.99. The van der Waals surface area contributed by atoms with Crippen molar-refractivity contribution >= 4 is 12.0 Å². The maximum absolute atomic E-state index is 11.1. The number of rotatable bonds is 1. The molecule has 1 aromatic carbocycles. The highest BCUT2D eigenvalue weighted by atomic mass is 16.5. The van der Waals surface area contributed by atoms with Crippen LogP contribution in [-0.4, -0.2) is 24.3 Å². The Morgan fingerprint density at radius 1 is 1.35 bits per heavy atom. The van der Waals surface area contributed by atoms with Gasteiger partial charge in [0, 0.05) is 11.1 Å². The van der Waals surface area contributed by atoms with Crippen LogP contribution in [0.1, 0.15) is 15.9 Å². The maximum atomic E-state index is 11.1. The van der Waals surface area contributed by atoms with E-state index in [1.807, 2.05) is 12.2 Å². The molecule has 0 saturated carbocycles. The molecule has 3 rings (SSSR count). The third-order valence-electron chi connectivity index (χ3n) is 2.80. The number of benzene rings is 1. The number of ether oxygens (including phenoxy) is 2. The summed E-state index contributed by atoms with van der Waals surface area (Å²) in [5.74, 6) is 0.402. The second kappa shape index (κ2) is 3.75. The number of hydrogen-bond donors (Lipinski definition) is 1. The molecule has 0 aliphatic carbocycles. The SMILES string of the molecule is O=C(O)c1cccc2c1C=C1COCC=C1O2. The highest BCUT2D eigenvalue weighted by Gasteiger charge is 2.23. The van der Waals surface area contributed by atoms with E-state index in [2.05, 4.69) is 0 Å². The van der Waals surface area contributed by atoms with Gasteiger partial charge in [0.25, 0.3) is 0 Å². The van der Waals surface area contributed by atoms with Gasteiger partial charge in [-0.1, -0.05) is 6.07 Å². The Balaban J connectivity index is 2.17. The topological polar surface area (TPSA) is 55.8 Å². The van der Waals surface area contributed by atoms with Crippen molar-refractivity contribution in [3.05, 3.63) is 46.7 Å². The summed E-state index contributed by atoms with van der Waals surface area (Å²) in [6, 6.07) is 5.02. The number of aromatic carboxylic acids is 1. The minimum atomic E-state index is -0.952. The van der Waals surface area contributed by atoms with Gasteiger partial charge in [-0.05, 0) is 24.3 Å². The molecule has 1 N–H and O–H groups in total. The van der Waals surface area contributed by atoms with Gasteiger partial charge in [0.1, 0.15) is 11.5 Å². The Kier molecular flexibility index (Phi) is 2.23. The monoisotopic (exact) mass is 230 g/mol. The maximum Gasteiger partial charge on any atom is 0.336 e. The van der Waals surface area contributed by atoms with Crippen LogP contribution in [-0.2, 0) is 4.74 Å². The number of carbonyl (C=O) groups is 1. The van der Waals surface area contributed by atoms with Crippen molar-refractivity contribution in [1.82, 2.24) is 0 Å². The van der Waals surface area contributed by atoms with Gasteiger partial charge in [-0.15, -0.1) is 0 Å². The summed E-state index contributed by atoms with van der Waals surface area (Å²) in [6.45, 7) is 0.986. The van der Waals surface area contributed by atoms with Crippen LogP contribution < -0.4 is 4.74 Å². The van der Waals surface area contributed by atoms with Crippen molar-refractivity contribution in [2.45, 2.75) is 0 Å². The van der Waals surface area contributed by atoms with Gasteiger partial charge in [-0.3, -0.25) is 0 Å². The Hall–Kier alpha value is -2.07. The van der Waals surface area contributed by atoms with Gasteiger partial charge in [0.15, 0.2) is 0 Å². The predicted molar refractivity (Wildman–Crippen MR) is 60.9 cm³/mol. The third-order valence-corrected chi connectivity index (χ3v) is 2.80. The lowest BCUT2D eigenvalue weighted by Gasteiger charge is -2.24. The summed E-state index contributed by atoms with van der Waals surface area (Å²) < 4.78 is 11.0. The van der Waals surface area contributed by atoms with Crippen LogP contribution in [0.5, 0.6) is 5.75 Å². The van der Waals surface area contributed by atoms with E-state index in [1.54, 1.807) is 18.2 Å². The molecular weight excluding hydrogens is 220 g/mol. The van der Waals surface area contributed by atoms with Crippen molar-refractivity contribution in [3.8, 4) is 5.75 Å². The van der Waals surface area contributed by atoms with Crippen molar-refractivity contribution < 1.29 is 19.4 Å². The largest absolute Gasteiger partial charge is 0.478 e. The van der Waals surface area contributed by atoms with E-state index in [0.29, 0.717) is 24.5 Å². The molecule has 4 heteroatoms. The fourth-order valence-corrected chi connectivity index (χ4v) is 1.99. The van der Waals surface area contributed by atoms with Crippen LogP contribution >= 0.6 is 0 Å². The zero-order chi connectivity index (χ0) is 11.8. The highest BCUT2D eigenvalue weighted by Crippen LogP contribution is 2.34. The molecule has 2 aliphatic heterocycles. The molecule has 0 amide bonds.